The minimum Gasteiger partial charge on any atom is -0.508 e. The van der Waals surface area contributed by atoms with E-state index >= 15 is 0 Å². The first kappa shape index (κ1) is 9.97. The first-order chi connectivity index (χ1) is 7.83. The Hall–Kier alpha value is -1.22. The van der Waals surface area contributed by atoms with Gasteiger partial charge in [0.2, 0.25) is 0 Å². The van der Waals surface area contributed by atoms with Crippen LogP contribution < -0.4 is 4.74 Å². The molecule has 0 saturated carbocycles. The molecule has 1 aromatic carbocycles. The highest BCUT2D eigenvalue weighted by Gasteiger charge is 2.30. The largest absolute Gasteiger partial charge is 0.508 e. The van der Waals surface area contributed by atoms with Gasteiger partial charge in [0, 0.05) is 12.7 Å². The average Bonchev–Trinajstić information content (AvgIpc) is 2.81. The number of phenolic OH excluding ortho intramolecular Hbond substituents is 1. The van der Waals surface area contributed by atoms with Crippen molar-refractivity contribution >= 4 is 0 Å². The number of ether oxygens (including phenoxy) is 2. The van der Waals surface area contributed by atoms with E-state index in [0.717, 1.165) is 38.0 Å². The quantitative estimate of drug-likeness (QED) is 0.789. The van der Waals surface area contributed by atoms with Gasteiger partial charge in [-0.05, 0) is 37.3 Å². The molecule has 3 heteroatoms. The van der Waals surface area contributed by atoms with Crippen LogP contribution in [0, 0.1) is 0 Å². The fourth-order valence-corrected chi connectivity index (χ4v) is 2.54. The zero-order valence-electron chi connectivity index (χ0n) is 9.19. The summed E-state index contributed by atoms with van der Waals surface area (Å²) in [5.74, 6) is 1.10. The maximum Gasteiger partial charge on any atom is 0.126 e. The lowest BCUT2D eigenvalue weighted by Crippen LogP contribution is -2.34. The third-order valence-corrected chi connectivity index (χ3v) is 3.41. The second kappa shape index (κ2) is 3.98. The second-order valence-corrected chi connectivity index (χ2v) is 4.54. The van der Waals surface area contributed by atoms with Crippen LogP contribution in [0.3, 0.4) is 0 Å². The average molecular weight is 220 g/mol. The molecule has 0 aromatic heterocycles. The van der Waals surface area contributed by atoms with Crippen molar-refractivity contribution in [2.45, 2.75) is 37.9 Å². The molecule has 0 aliphatic carbocycles. The molecule has 1 saturated heterocycles. The molecule has 1 fully saturated rings. The summed E-state index contributed by atoms with van der Waals surface area (Å²) >= 11 is 0. The Bertz CT molecular complexity index is 383. The van der Waals surface area contributed by atoms with Gasteiger partial charge < -0.3 is 14.6 Å². The van der Waals surface area contributed by atoms with Gasteiger partial charge in [-0.1, -0.05) is 6.07 Å². The van der Waals surface area contributed by atoms with E-state index < -0.39 is 0 Å². The maximum absolute atomic E-state index is 9.43. The van der Waals surface area contributed by atoms with Crippen molar-refractivity contribution in [1.29, 1.82) is 0 Å². The lowest BCUT2D eigenvalue weighted by Gasteiger charge is -2.29. The number of phenols is 1. The third kappa shape index (κ3) is 1.76. The van der Waals surface area contributed by atoms with Crippen LogP contribution in [0.1, 0.15) is 24.8 Å². The summed E-state index contributed by atoms with van der Waals surface area (Å²) in [6.45, 7) is 0.859. The van der Waals surface area contributed by atoms with Crippen molar-refractivity contribution < 1.29 is 14.6 Å². The van der Waals surface area contributed by atoms with Crippen LogP contribution in [0.4, 0.5) is 0 Å². The zero-order chi connectivity index (χ0) is 11.0. The van der Waals surface area contributed by atoms with Crippen LogP contribution in [0.5, 0.6) is 11.5 Å². The van der Waals surface area contributed by atoms with Gasteiger partial charge in [0.05, 0.1) is 6.10 Å². The topological polar surface area (TPSA) is 38.7 Å². The van der Waals surface area contributed by atoms with Crippen molar-refractivity contribution in [2.75, 3.05) is 6.61 Å². The summed E-state index contributed by atoms with van der Waals surface area (Å²) < 4.78 is 11.6. The predicted octanol–water partition coefficient (Wildman–Crippen LogP) is 2.26. The maximum atomic E-state index is 9.43. The first-order valence-electron chi connectivity index (χ1n) is 5.93. The summed E-state index contributed by atoms with van der Waals surface area (Å²) in [7, 11) is 0. The Labute approximate surface area is 95.0 Å². The molecule has 2 aliphatic rings. The van der Waals surface area contributed by atoms with Crippen molar-refractivity contribution in [3.8, 4) is 11.5 Å². The van der Waals surface area contributed by atoms with Crippen LogP contribution in [-0.2, 0) is 11.2 Å². The smallest absolute Gasteiger partial charge is 0.126 e. The Morgan fingerprint density at radius 2 is 2.12 bits per heavy atom. The Balaban J connectivity index is 1.79. The number of rotatable bonds is 1. The van der Waals surface area contributed by atoms with Gasteiger partial charge >= 0.3 is 0 Å². The molecule has 0 amide bonds. The molecular formula is C13H16O3. The molecule has 86 valence electrons. The van der Waals surface area contributed by atoms with E-state index in [9.17, 15) is 5.11 Å². The van der Waals surface area contributed by atoms with E-state index in [2.05, 4.69) is 0 Å². The van der Waals surface area contributed by atoms with Gasteiger partial charge in [-0.2, -0.15) is 0 Å². The van der Waals surface area contributed by atoms with Gasteiger partial charge in [-0.25, -0.2) is 0 Å². The van der Waals surface area contributed by atoms with Gasteiger partial charge in [-0.15, -0.1) is 0 Å². The van der Waals surface area contributed by atoms with Crippen molar-refractivity contribution in [2.24, 2.45) is 0 Å². The van der Waals surface area contributed by atoms with E-state index in [0.29, 0.717) is 0 Å². The summed E-state index contributed by atoms with van der Waals surface area (Å²) in [5.41, 5.74) is 1.19. The fourth-order valence-electron chi connectivity index (χ4n) is 2.54. The van der Waals surface area contributed by atoms with E-state index in [1.807, 2.05) is 6.07 Å². The van der Waals surface area contributed by atoms with Crippen molar-refractivity contribution in [3.63, 3.8) is 0 Å². The summed E-state index contributed by atoms with van der Waals surface area (Å²) in [4.78, 5) is 0. The van der Waals surface area contributed by atoms with Gasteiger partial charge in [-0.3, -0.25) is 0 Å². The monoisotopic (exact) mass is 220 g/mol. The van der Waals surface area contributed by atoms with Crippen LogP contribution >= 0.6 is 0 Å². The van der Waals surface area contributed by atoms with Crippen LogP contribution in [0.15, 0.2) is 18.2 Å². The molecule has 0 radical (unpaired) electrons. The highest BCUT2D eigenvalue weighted by atomic mass is 16.5. The Morgan fingerprint density at radius 1 is 1.19 bits per heavy atom. The molecule has 16 heavy (non-hydrogen) atoms. The molecular weight excluding hydrogens is 204 g/mol. The number of benzene rings is 1. The van der Waals surface area contributed by atoms with Crippen LogP contribution in [-0.4, -0.2) is 23.9 Å². The minimum absolute atomic E-state index is 0.164. The number of hydrogen-bond acceptors (Lipinski definition) is 3. The molecule has 0 spiro atoms. The molecule has 3 rings (SSSR count). The third-order valence-electron chi connectivity index (χ3n) is 3.41. The lowest BCUT2D eigenvalue weighted by molar-refractivity contribution is 0.00271. The van der Waals surface area contributed by atoms with Gasteiger partial charge in [0.1, 0.15) is 17.6 Å². The van der Waals surface area contributed by atoms with Crippen LogP contribution in [0.2, 0.25) is 0 Å². The van der Waals surface area contributed by atoms with E-state index in [-0.39, 0.29) is 18.0 Å². The molecule has 1 N–H and O–H groups in total. The highest BCUT2D eigenvalue weighted by Crippen LogP contribution is 2.33. The van der Waals surface area contributed by atoms with E-state index in [1.165, 1.54) is 5.56 Å². The normalized spacial score (nSPS) is 28.5. The van der Waals surface area contributed by atoms with Gasteiger partial charge in [0.15, 0.2) is 0 Å². The minimum atomic E-state index is 0.164. The second-order valence-electron chi connectivity index (χ2n) is 4.54. The van der Waals surface area contributed by atoms with Gasteiger partial charge in [0.25, 0.3) is 0 Å². The molecule has 1 aromatic rings. The molecule has 2 heterocycles. The van der Waals surface area contributed by atoms with E-state index in [4.69, 9.17) is 9.47 Å². The standard InChI is InChI=1S/C13H16O3/c14-10-5-3-9-4-6-12(16-13(9)8-10)11-2-1-7-15-11/h3,5,8,11-12,14H,1-2,4,6-7H2/t11-,12+/m1/s1. The van der Waals surface area contributed by atoms with Crippen molar-refractivity contribution in [3.05, 3.63) is 23.8 Å². The van der Waals surface area contributed by atoms with Crippen LogP contribution in [0.25, 0.3) is 0 Å². The molecule has 3 nitrogen and oxygen atoms in total. The molecule has 0 unspecified atom stereocenters. The number of aromatic hydroxyl groups is 1. The number of aryl methyl sites for hydroxylation is 1. The lowest BCUT2D eigenvalue weighted by atomic mass is 9.98. The fraction of sp³-hybridized carbons (Fsp3) is 0.538. The van der Waals surface area contributed by atoms with E-state index in [1.54, 1.807) is 12.1 Å². The summed E-state index contributed by atoms with van der Waals surface area (Å²) in [6.07, 6.45) is 4.67. The molecule has 0 bridgehead atoms. The summed E-state index contributed by atoms with van der Waals surface area (Å²) in [6, 6.07) is 5.36. The molecule has 2 aliphatic heterocycles. The number of fused-ring (bicyclic) bond motifs is 1. The Morgan fingerprint density at radius 3 is 2.94 bits per heavy atom. The first-order valence-corrected chi connectivity index (χ1v) is 5.93. The SMILES string of the molecule is Oc1ccc2c(c1)O[C@H]([C@H]1CCCO1)CC2. The van der Waals surface area contributed by atoms with Crippen molar-refractivity contribution in [1.82, 2.24) is 0 Å². The summed E-state index contributed by atoms with van der Waals surface area (Å²) in [5, 5.41) is 9.43. The Kier molecular flexibility index (Phi) is 2.48. The number of hydrogen-bond donors (Lipinski definition) is 1. The highest BCUT2D eigenvalue weighted by molar-refractivity contribution is 5.41. The zero-order valence-corrected chi connectivity index (χ0v) is 9.19. The molecule has 2 atom stereocenters. The predicted molar refractivity (Wildman–Crippen MR) is 59.8 cm³/mol.